The molecule has 7 heteroatoms. The summed E-state index contributed by atoms with van der Waals surface area (Å²) in [6.45, 7) is 3.54. The summed E-state index contributed by atoms with van der Waals surface area (Å²) in [4.78, 5) is 35.4. The van der Waals surface area contributed by atoms with E-state index in [9.17, 15) is 14.4 Å². The third-order valence-electron chi connectivity index (χ3n) is 3.51. The lowest BCUT2D eigenvalue weighted by Crippen LogP contribution is -2.39. The van der Waals surface area contributed by atoms with E-state index >= 15 is 0 Å². The van der Waals surface area contributed by atoms with E-state index in [4.69, 9.17) is 11.6 Å². The van der Waals surface area contributed by atoms with Crippen LogP contribution in [0, 0.1) is 13.8 Å². The minimum atomic E-state index is -0.885. The molecule has 0 fully saturated rings. The zero-order valence-electron chi connectivity index (χ0n) is 13.9. The molecule has 0 radical (unpaired) electrons. The molecule has 0 spiro atoms. The summed E-state index contributed by atoms with van der Waals surface area (Å²) in [5.74, 6) is -2.17. The molecule has 6 nitrogen and oxygen atoms in total. The fraction of sp³-hybridized carbons (Fsp3) is 0.167. The summed E-state index contributed by atoms with van der Waals surface area (Å²) in [5.41, 5.74) is 3.15. The van der Waals surface area contributed by atoms with Gasteiger partial charge in [0.05, 0.1) is 6.54 Å². The number of carbonyl (C=O) groups is 3. The van der Waals surface area contributed by atoms with Crippen LogP contribution in [0.1, 0.15) is 11.1 Å². The smallest absolute Gasteiger partial charge is 0.313 e. The third-order valence-corrected chi connectivity index (χ3v) is 3.76. The number of halogens is 1. The van der Waals surface area contributed by atoms with E-state index in [0.29, 0.717) is 16.4 Å². The molecule has 0 aliphatic carbocycles. The van der Waals surface area contributed by atoms with Gasteiger partial charge in [0.25, 0.3) is 0 Å². The number of aryl methyl sites for hydroxylation is 2. The summed E-state index contributed by atoms with van der Waals surface area (Å²) in [6, 6.07) is 11.9. The highest BCUT2D eigenvalue weighted by Crippen LogP contribution is 2.14. The van der Waals surface area contributed by atoms with Crippen molar-refractivity contribution in [2.24, 2.45) is 0 Å². The Morgan fingerprint density at radius 2 is 1.48 bits per heavy atom. The first-order chi connectivity index (χ1) is 11.8. The van der Waals surface area contributed by atoms with E-state index in [1.165, 1.54) is 0 Å². The van der Waals surface area contributed by atoms with E-state index in [1.807, 2.05) is 19.9 Å². The lowest BCUT2D eigenvalue weighted by molar-refractivity contribution is -0.136. The highest BCUT2D eigenvalue weighted by molar-refractivity contribution is 6.40. The van der Waals surface area contributed by atoms with Gasteiger partial charge in [0.2, 0.25) is 5.91 Å². The predicted molar refractivity (Wildman–Crippen MR) is 97.6 cm³/mol. The van der Waals surface area contributed by atoms with Crippen LogP contribution in [0.2, 0.25) is 5.02 Å². The Morgan fingerprint density at radius 1 is 0.840 bits per heavy atom. The van der Waals surface area contributed by atoms with Crippen LogP contribution in [-0.2, 0) is 14.4 Å². The number of amides is 3. The molecule has 130 valence electrons. The lowest BCUT2D eigenvalue weighted by Gasteiger charge is -2.09. The van der Waals surface area contributed by atoms with Crippen LogP contribution in [0.3, 0.4) is 0 Å². The molecule has 0 saturated heterocycles. The molecule has 0 bridgehead atoms. The monoisotopic (exact) mass is 359 g/mol. The Labute approximate surface area is 150 Å². The first kappa shape index (κ1) is 18.5. The topological polar surface area (TPSA) is 87.3 Å². The number of carbonyl (C=O) groups excluding carboxylic acids is 3. The standard InChI is InChI=1S/C18H18ClN3O3/c1-11-3-6-15(9-12(11)2)22-18(25)17(24)20-10-16(23)21-14-7-4-13(19)5-8-14/h3-9H,10H2,1-2H3,(H,20,24)(H,21,23)(H,22,25). The zero-order chi connectivity index (χ0) is 18.4. The Bertz CT molecular complexity index is 804. The summed E-state index contributed by atoms with van der Waals surface area (Å²) < 4.78 is 0. The highest BCUT2D eigenvalue weighted by atomic mass is 35.5. The van der Waals surface area contributed by atoms with E-state index in [0.717, 1.165) is 11.1 Å². The molecule has 0 heterocycles. The van der Waals surface area contributed by atoms with Gasteiger partial charge in [-0.15, -0.1) is 0 Å². The quantitative estimate of drug-likeness (QED) is 0.733. The van der Waals surface area contributed by atoms with E-state index < -0.39 is 17.7 Å². The van der Waals surface area contributed by atoms with Crippen LogP contribution in [0.25, 0.3) is 0 Å². The maximum Gasteiger partial charge on any atom is 0.313 e. The van der Waals surface area contributed by atoms with Crippen molar-refractivity contribution in [3.05, 3.63) is 58.6 Å². The molecular weight excluding hydrogens is 342 g/mol. The van der Waals surface area contributed by atoms with Gasteiger partial charge in [-0.2, -0.15) is 0 Å². The SMILES string of the molecule is Cc1ccc(NC(=O)C(=O)NCC(=O)Nc2ccc(Cl)cc2)cc1C. The highest BCUT2D eigenvalue weighted by Gasteiger charge is 2.15. The van der Waals surface area contributed by atoms with Crippen molar-refractivity contribution < 1.29 is 14.4 Å². The summed E-state index contributed by atoms with van der Waals surface area (Å²) in [7, 11) is 0. The minimum Gasteiger partial charge on any atom is -0.339 e. The lowest BCUT2D eigenvalue weighted by atomic mass is 10.1. The van der Waals surface area contributed by atoms with Crippen LogP contribution in [0.5, 0.6) is 0 Å². The maximum atomic E-state index is 11.8. The van der Waals surface area contributed by atoms with Gasteiger partial charge in [-0.1, -0.05) is 17.7 Å². The van der Waals surface area contributed by atoms with E-state index in [1.54, 1.807) is 36.4 Å². The first-order valence-electron chi connectivity index (χ1n) is 7.57. The van der Waals surface area contributed by atoms with Crippen LogP contribution in [0.4, 0.5) is 11.4 Å². The average Bonchev–Trinajstić information content (AvgIpc) is 2.58. The molecule has 25 heavy (non-hydrogen) atoms. The zero-order valence-corrected chi connectivity index (χ0v) is 14.6. The van der Waals surface area contributed by atoms with Crippen molar-refractivity contribution in [3.63, 3.8) is 0 Å². The molecule has 0 saturated carbocycles. The fourth-order valence-corrected chi connectivity index (χ4v) is 2.11. The van der Waals surface area contributed by atoms with Crippen LogP contribution in [0.15, 0.2) is 42.5 Å². The van der Waals surface area contributed by atoms with Gasteiger partial charge in [0, 0.05) is 16.4 Å². The molecule has 0 unspecified atom stereocenters. The van der Waals surface area contributed by atoms with E-state index in [-0.39, 0.29) is 6.54 Å². The predicted octanol–water partition coefficient (Wildman–Crippen LogP) is 2.65. The van der Waals surface area contributed by atoms with Crippen LogP contribution < -0.4 is 16.0 Å². The first-order valence-corrected chi connectivity index (χ1v) is 7.95. The van der Waals surface area contributed by atoms with Gasteiger partial charge >= 0.3 is 11.8 Å². The number of nitrogens with one attached hydrogen (secondary N) is 3. The molecule has 3 amide bonds. The van der Waals surface area contributed by atoms with Gasteiger partial charge in [-0.3, -0.25) is 14.4 Å². The normalized spacial score (nSPS) is 10.0. The van der Waals surface area contributed by atoms with Crippen LogP contribution >= 0.6 is 11.6 Å². The summed E-state index contributed by atoms with van der Waals surface area (Å²) in [5, 5.41) is 7.90. The number of hydrogen-bond donors (Lipinski definition) is 3. The van der Waals surface area contributed by atoms with Crippen molar-refractivity contribution in [3.8, 4) is 0 Å². The molecule has 0 aliphatic rings. The molecule has 2 aromatic rings. The number of benzene rings is 2. The Morgan fingerprint density at radius 3 is 2.12 bits per heavy atom. The van der Waals surface area contributed by atoms with Crippen molar-refractivity contribution in [2.45, 2.75) is 13.8 Å². The Balaban J connectivity index is 1.82. The van der Waals surface area contributed by atoms with E-state index in [2.05, 4.69) is 16.0 Å². The largest absolute Gasteiger partial charge is 0.339 e. The second-order valence-electron chi connectivity index (χ2n) is 5.49. The molecular formula is C18H18ClN3O3. The molecule has 0 atom stereocenters. The van der Waals surface area contributed by atoms with Gasteiger partial charge in [0.1, 0.15) is 0 Å². The third kappa shape index (κ3) is 5.61. The van der Waals surface area contributed by atoms with Crippen LogP contribution in [-0.4, -0.2) is 24.3 Å². The van der Waals surface area contributed by atoms with Crippen molar-refractivity contribution in [1.82, 2.24) is 5.32 Å². The molecule has 0 aromatic heterocycles. The second-order valence-corrected chi connectivity index (χ2v) is 5.93. The fourth-order valence-electron chi connectivity index (χ4n) is 1.99. The Hall–Kier alpha value is -2.86. The summed E-state index contributed by atoms with van der Waals surface area (Å²) in [6.07, 6.45) is 0. The number of hydrogen-bond acceptors (Lipinski definition) is 3. The number of anilines is 2. The molecule has 3 N–H and O–H groups in total. The molecule has 2 aromatic carbocycles. The van der Waals surface area contributed by atoms with Gasteiger partial charge in [0.15, 0.2) is 0 Å². The van der Waals surface area contributed by atoms with Gasteiger partial charge in [-0.25, -0.2) is 0 Å². The second kappa shape index (κ2) is 8.30. The van der Waals surface area contributed by atoms with Crippen molar-refractivity contribution in [1.29, 1.82) is 0 Å². The van der Waals surface area contributed by atoms with Gasteiger partial charge < -0.3 is 16.0 Å². The molecule has 0 aliphatic heterocycles. The molecule has 2 rings (SSSR count). The van der Waals surface area contributed by atoms with Gasteiger partial charge in [-0.05, 0) is 61.4 Å². The minimum absolute atomic E-state index is 0.318. The average molecular weight is 360 g/mol. The Kier molecular flexibility index (Phi) is 6.14. The maximum absolute atomic E-state index is 11.8. The van der Waals surface area contributed by atoms with Crippen molar-refractivity contribution in [2.75, 3.05) is 17.2 Å². The summed E-state index contributed by atoms with van der Waals surface area (Å²) >= 11 is 5.76. The van der Waals surface area contributed by atoms with Crippen molar-refractivity contribution >= 4 is 40.7 Å². The number of rotatable bonds is 4.